The minimum Gasteiger partial charge on any atom is -0.481 e. The number of benzene rings is 1. The van der Waals surface area contributed by atoms with Crippen molar-refractivity contribution in [2.75, 3.05) is 11.5 Å². The second-order valence-corrected chi connectivity index (χ2v) is 8.04. The van der Waals surface area contributed by atoms with Gasteiger partial charge in [-0.1, -0.05) is 35.3 Å². The summed E-state index contributed by atoms with van der Waals surface area (Å²) in [6.07, 6.45) is 0.576. The van der Waals surface area contributed by atoms with Gasteiger partial charge in [0.25, 0.3) is 0 Å². The number of aliphatic carboxylic acids is 1. The molecule has 2 rings (SSSR count). The quantitative estimate of drug-likeness (QED) is 0.917. The fourth-order valence-corrected chi connectivity index (χ4v) is 4.82. The number of sulfone groups is 1. The number of carboxylic acids is 1. The normalized spacial score (nSPS) is 22.6. The van der Waals surface area contributed by atoms with Gasteiger partial charge in [-0.15, -0.1) is 0 Å². The third-order valence-corrected chi connectivity index (χ3v) is 6.28. The lowest BCUT2D eigenvalue weighted by atomic mass is 9.86. The van der Waals surface area contributed by atoms with Crippen molar-refractivity contribution in [3.63, 3.8) is 0 Å². The highest BCUT2D eigenvalue weighted by Gasteiger charge is 2.37. The van der Waals surface area contributed by atoms with E-state index in [1.54, 1.807) is 18.2 Å². The van der Waals surface area contributed by atoms with Crippen molar-refractivity contribution in [3.05, 3.63) is 33.8 Å². The number of hydrogen-bond donors (Lipinski definition) is 1. The summed E-state index contributed by atoms with van der Waals surface area (Å²) in [5.41, 5.74) is 0.635. The van der Waals surface area contributed by atoms with Crippen molar-refractivity contribution in [1.82, 2.24) is 0 Å². The first-order chi connectivity index (χ1) is 9.30. The highest BCUT2D eigenvalue weighted by molar-refractivity contribution is 7.91. The number of halogens is 2. The van der Waals surface area contributed by atoms with Gasteiger partial charge in [-0.3, -0.25) is 4.79 Å². The molecule has 1 saturated heterocycles. The average Bonchev–Trinajstić information content (AvgIpc) is 2.71. The fraction of sp³-hybridized carbons (Fsp3) is 0.462. The molecular formula is C13H14Cl2O4S. The van der Waals surface area contributed by atoms with Crippen LogP contribution < -0.4 is 0 Å². The standard InChI is InChI=1S/C13H14Cl2O4S/c14-11-3-1-2-8(12(11)15)6-10(13(16)17)9-4-5-20(18,19)7-9/h1-3,9-10H,4-7H2,(H,16,17). The molecule has 1 N–H and O–H groups in total. The molecule has 0 bridgehead atoms. The molecule has 2 unspecified atom stereocenters. The van der Waals surface area contributed by atoms with E-state index in [1.165, 1.54) is 0 Å². The largest absolute Gasteiger partial charge is 0.481 e. The summed E-state index contributed by atoms with van der Waals surface area (Å²) in [6.45, 7) is 0. The van der Waals surface area contributed by atoms with Gasteiger partial charge in [-0.2, -0.15) is 0 Å². The van der Waals surface area contributed by atoms with Crippen molar-refractivity contribution in [1.29, 1.82) is 0 Å². The maximum absolute atomic E-state index is 11.5. The zero-order valence-electron chi connectivity index (χ0n) is 10.6. The number of carboxylic acid groups (broad SMARTS) is 1. The lowest BCUT2D eigenvalue weighted by Gasteiger charge is -2.19. The topological polar surface area (TPSA) is 71.4 Å². The van der Waals surface area contributed by atoms with Crippen LogP contribution >= 0.6 is 23.2 Å². The maximum Gasteiger partial charge on any atom is 0.307 e. The Morgan fingerprint density at radius 2 is 2.10 bits per heavy atom. The first-order valence-corrected chi connectivity index (χ1v) is 8.74. The molecule has 1 aromatic rings. The van der Waals surface area contributed by atoms with Crippen molar-refractivity contribution in [3.8, 4) is 0 Å². The Morgan fingerprint density at radius 3 is 2.65 bits per heavy atom. The van der Waals surface area contributed by atoms with Crippen LogP contribution in [0.25, 0.3) is 0 Å². The minimum atomic E-state index is -3.11. The van der Waals surface area contributed by atoms with Crippen molar-refractivity contribution in [2.24, 2.45) is 11.8 Å². The lowest BCUT2D eigenvalue weighted by Crippen LogP contribution is -2.26. The summed E-state index contributed by atoms with van der Waals surface area (Å²) >= 11 is 12.0. The van der Waals surface area contributed by atoms with E-state index in [0.29, 0.717) is 22.0 Å². The van der Waals surface area contributed by atoms with E-state index in [4.69, 9.17) is 23.2 Å². The van der Waals surface area contributed by atoms with E-state index in [1.807, 2.05) is 0 Å². The van der Waals surface area contributed by atoms with Gasteiger partial charge in [0.15, 0.2) is 9.84 Å². The van der Waals surface area contributed by atoms with Crippen LogP contribution in [0.2, 0.25) is 10.0 Å². The Bertz CT molecular complexity index is 627. The molecule has 1 aromatic carbocycles. The molecule has 0 radical (unpaired) electrons. The molecule has 7 heteroatoms. The Morgan fingerprint density at radius 1 is 1.40 bits per heavy atom. The van der Waals surface area contributed by atoms with Crippen LogP contribution in [0.3, 0.4) is 0 Å². The van der Waals surface area contributed by atoms with Gasteiger partial charge in [0.1, 0.15) is 0 Å². The second-order valence-electron chi connectivity index (χ2n) is 5.02. The van der Waals surface area contributed by atoms with Crippen LogP contribution in [-0.4, -0.2) is 31.0 Å². The van der Waals surface area contributed by atoms with Gasteiger partial charge in [-0.05, 0) is 30.4 Å². The van der Waals surface area contributed by atoms with Gasteiger partial charge in [0.05, 0.1) is 27.5 Å². The maximum atomic E-state index is 11.5. The van der Waals surface area contributed by atoms with E-state index in [9.17, 15) is 18.3 Å². The van der Waals surface area contributed by atoms with Gasteiger partial charge >= 0.3 is 5.97 Å². The van der Waals surface area contributed by atoms with Gasteiger partial charge in [-0.25, -0.2) is 8.42 Å². The SMILES string of the molecule is O=C(O)C(Cc1cccc(Cl)c1Cl)C1CCS(=O)(=O)C1. The average molecular weight is 337 g/mol. The summed E-state index contributed by atoms with van der Waals surface area (Å²) < 4.78 is 23.0. The Labute approximate surface area is 127 Å². The lowest BCUT2D eigenvalue weighted by molar-refractivity contribution is -0.143. The first kappa shape index (κ1) is 15.6. The monoisotopic (exact) mass is 336 g/mol. The molecule has 0 aliphatic carbocycles. The molecule has 1 aliphatic heterocycles. The fourth-order valence-electron chi connectivity index (χ4n) is 2.54. The van der Waals surface area contributed by atoms with E-state index >= 15 is 0 Å². The zero-order valence-corrected chi connectivity index (χ0v) is 12.9. The van der Waals surface area contributed by atoms with E-state index < -0.39 is 21.7 Å². The van der Waals surface area contributed by atoms with Gasteiger partial charge in [0.2, 0.25) is 0 Å². The van der Waals surface area contributed by atoms with E-state index in [-0.39, 0.29) is 23.8 Å². The van der Waals surface area contributed by atoms with Crippen LogP contribution in [0.15, 0.2) is 18.2 Å². The molecule has 1 aliphatic rings. The molecule has 20 heavy (non-hydrogen) atoms. The van der Waals surface area contributed by atoms with Gasteiger partial charge in [0, 0.05) is 0 Å². The highest BCUT2D eigenvalue weighted by Crippen LogP contribution is 2.32. The van der Waals surface area contributed by atoms with E-state index in [2.05, 4.69) is 0 Å². The van der Waals surface area contributed by atoms with Gasteiger partial charge < -0.3 is 5.11 Å². The summed E-state index contributed by atoms with van der Waals surface area (Å²) in [7, 11) is -3.11. The molecule has 1 fully saturated rings. The second kappa shape index (κ2) is 5.92. The third-order valence-electron chi connectivity index (χ3n) is 3.63. The number of hydrogen-bond acceptors (Lipinski definition) is 3. The number of carbonyl (C=O) groups is 1. The molecule has 110 valence electrons. The molecular weight excluding hydrogens is 323 g/mol. The Balaban J connectivity index is 2.23. The molecule has 0 aromatic heterocycles. The van der Waals surface area contributed by atoms with Crippen LogP contribution in [-0.2, 0) is 21.1 Å². The predicted octanol–water partition coefficient (Wildman–Crippen LogP) is 2.67. The first-order valence-electron chi connectivity index (χ1n) is 6.16. The van der Waals surface area contributed by atoms with Crippen molar-refractivity contribution in [2.45, 2.75) is 12.8 Å². The van der Waals surface area contributed by atoms with Crippen LogP contribution in [0.4, 0.5) is 0 Å². The predicted molar refractivity (Wildman–Crippen MR) is 78.1 cm³/mol. The van der Waals surface area contributed by atoms with Crippen LogP contribution in [0.5, 0.6) is 0 Å². The minimum absolute atomic E-state index is 0.0602. The smallest absolute Gasteiger partial charge is 0.307 e. The summed E-state index contributed by atoms with van der Waals surface area (Å²) in [6, 6.07) is 5.05. The number of rotatable bonds is 4. The molecule has 0 saturated carbocycles. The Hall–Kier alpha value is -0.780. The molecule has 0 amide bonds. The molecule has 0 spiro atoms. The third kappa shape index (κ3) is 3.45. The summed E-state index contributed by atoms with van der Waals surface area (Å²) in [5.74, 6) is -2.13. The Kier molecular flexibility index (Phi) is 4.62. The summed E-state index contributed by atoms with van der Waals surface area (Å²) in [4.78, 5) is 11.4. The molecule has 4 nitrogen and oxygen atoms in total. The van der Waals surface area contributed by atoms with Crippen LogP contribution in [0, 0.1) is 11.8 Å². The highest BCUT2D eigenvalue weighted by atomic mass is 35.5. The van der Waals surface area contributed by atoms with Crippen molar-refractivity contribution < 1.29 is 18.3 Å². The van der Waals surface area contributed by atoms with Crippen molar-refractivity contribution >= 4 is 39.0 Å². The zero-order chi connectivity index (χ0) is 14.9. The summed E-state index contributed by atoms with van der Waals surface area (Å²) in [5, 5.41) is 10.1. The molecule has 2 atom stereocenters. The van der Waals surface area contributed by atoms with E-state index in [0.717, 1.165) is 0 Å². The van der Waals surface area contributed by atoms with Crippen LogP contribution in [0.1, 0.15) is 12.0 Å². The molecule has 1 heterocycles.